The fourth-order valence-corrected chi connectivity index (χ4v) is 7.29. The SMILES string of the molecule is N#Cc1ccc(-c2cccc(-c3ccncc3-n3c4ccccc4c4ccccc43)c2C#N)c(-n2c3ccccc3c3ccccc32)c1. The molecule has 3 heterocycles. The first kappa shape index (κ1) is 27.4. The molecule has 0 bridgehead atoms. The number of benzene rings is 6. The molecule has 6 aromatic carbocycles. The quantitative estimate of drug-likeness (QED) is 0.199. The van der Waals surface area contributed by atoms with Crippen LogP contribution in [0.15, 0.2) is 152 Å². The summed E-state index contributed by atoms with van der Waals surface area (Å²) in [4.78, 5) is 4.56. The van der Waals surface area contributed by atoms with Crippen molar-refractivity contribution in [2.24, 2.45) is 0 Å². The summed E-state index contributed by atoms with van der Waals surface area (Å²) in [5.41, 5.74) is 10.4. The Hall–Kier alpha value is -6.95. The predicted molar refractivity (Wildman–Crippen MR) is 193 cm³/mol. The Bertz CT molecular complexity index is 2710. The van der Waals surface area contributed by atoms with Crippen molar-refractivity contribution in [2.75, 3.05) is 0 Å². The van der Waals surface area contributed by atoms with Gasteiger partial charge in [-0.15, -0.1) is 0 Å². The monoisotopic (exact) mass is 611 g/mol. The average Bonchev–Trinajstić information content (AvgIpc) is 3.67. The maximum Gasteiger partial charge on any atom is 0.100 e. The van der Waals surface area contributed by atoms with Crippen molar-refractivity contribution >= 4 is 43.6 Å². The lowest BCUT2D eigenvalue weighted by molar-refractivity contribution is 1.14. The van der Waals surface area contributed by atoms with Crippen molar-refractivity contribution < 1.29 is 0 Å². The highest BCUT2D eigenvalue weighted by molar-refractivity contribution is 6.11. The van der Waals surface area contributed by atoms with Crippen LogP contribution in [0.4, 0.5) is 0 Å². The largest absolute Gasteiger partial charge is 0.309 e. The van der Waals surface area contributed by atoms with Crippen LogP contribution in [0.5, 0.6) is 0 Å². The van der Waals surface area contributed by atoms with Gasteiger partial charge >= 0.3 is 0 Å². The van der Waals surface area contributed by atoms with Gasteiger partial charge in [0.05, 0.1) is 56.8 Å². The molecular formula is C43H25N5. The zero-order valence-electron chi connectivity index (χ0n) is 25.7. The summed E-state index contributed by atoms with van der Waals surface area (Å²) in [5.74, 6) is 0. The standard InChI is InChI=1S/C43H25N5/c44-25-28-20-21-35(42(24-28)47-38-16-5-1-10-31(38)32-11-2-6-17-39(32)47)29-14-9-15-30(37(29)26-45)36-22-23-46-27-43(36)48-40-18-7-3-12-33(40)34-13-4-8-19-41(34)48/h1-24,27H. The molecule has 0 aliphatic carbocycles. The average molecular weight is 612 g/mol. The maximum atomic E-state index is 10.9. The van der Waals surface area contributed by atoms with Gasteiger partial charge in [-0.05, 0) is 42.5 Å². The van der Waals surface area contributed by atoms with E-state index in [1.54, 1.807) is 6.20 Å². The van der Waals surface area contributed by atoms with Crippen LogP contribution in [0, 0.1) is 22.7 Å². The lowest BCUT2D eigenvalue weighted by Gasteiger charge is -2.18. The highest BCUT2D eigenvalue weighted by Gasteiger charge is 2.22. The highest BCUT2D eigenvalue weighted by Crippen LogP contribution is 2.41. The molecule has 5 heteroatoms. The van der Waals surface area contributed by atoms with Gasteiger partial charge in [-0.2, -0.15) is 10.5 Å². The van der Waals surface area contributed by atoms with E-state index in [0.717, 1.165) is 77.2 Å². The van der Waals surface area contributed by atoms with Crippen LogP contribution in [0.3, 0.4) is 0 Å². The molecule has 0 N–H and O–H groups in total. The maximum absolute atomic E-state index is 10.9. The van der Waals surface area contributed by atoms with Gasteiger partial charge in [0.15, 0.2) is 0 Å². The number of nitriles is 2. The van der Waals surface area contributed by atoms with Gasteiger partial charge in [-0.25, -0.2) is 0 Å². The smallest absolute Gasteiger partial charge is 0.100 e. The van der Waals surface area contributed by atoms with Gasteiger partial charge in [-0.3, -0.25) is 4.98 Å². The molecule has 0 fully saturated rings. The molecule has 0 saturated carbocycles. The molecule has 3 aromatic heterocycles. The minimum absolute atomic E-state index is 0.549. The molecular weight excluding hydrogens is 587 g/mol. The molecule has 48 heavy (non-hydrogen) atoms. The third-order valence-electron chi connectivity index (χ3n) is 9.33. The van der Waals surface area contributed by atoms with Crippen LogP contribution in [0.1, 0.15) is 11.1 Å². The second-order valence-corrected chi connectivity index (χ2v) is 11.8. The summed E-state index contributed by atoms with van der Waals surface area (Å²) in [7, 11) is 0. The zero-order chi connectivity index (χ0) is 32.2. The highest BCUT2D eigenvalue weighted by atomic mass is 15.0. The molecule has 0 aliphatic heterocycles. The number of pyridine rings is 1. The van der Waals surface area contributed by atoms with Crippen molar-refractivity contribution in [3.8, 4) is 45.8 Å². The first-order valence-electron chi connectivity index (χ1n) is 15.8. The Balaban J connectivity index is 1.33. The van der Waals surface area contributed by atoms with E-state index >= 15 is 0 Å². The second-order valence-electron chi connectivity index (χ2n) is 11.8. The summed E-state index contributed by atoms with van der Waals surface area (Å²) < 4.78 is 4.46. The molecule has 0 amide bonds. The lowest BCUT2D eigenvalue weighted by Crippen LogP contribution is -2.02. The first-order chi connectivity index (χ1) is 23.8. The molecule has 0 saturated heterocycles. The van der Waals surface area contributed by atoms with E-state index in [-0.39, 0.29) is 0 Å². The number of rotatable bonds is 4. The fraction of sp³-hybridized carbons (Fsp3) is 0. The summed E-state index contributed by atoms with van der Waals surface area (Å²) >= 11 is 0. The molecule has 0 unspecified atom stereocenters. The molecule has 5 nitrogen and oxygen atoms in total. The lowest BCUT2D eigenvalue weighted by atomic mass is 9.91. The molecule has 0 spiro atoms. The Morgan fingerprint density at radius 1 is 0.438 bits per heavy atom. The summed E-state index contributed by atoms with van der Waals surface area (Å²) in [6, 6.07) is 52.1. The molecule has 0 atom stereocenters. The third-order valence-corrected chi connectivity index (χ3v) is 9.33. The van der Waals surface area contributed by atoms with Crippen molar-refractivity contribution in [2.45, 2.75) is 0 Å². The van der Waals surface area contributed by atoms with Crippen molar-refractivity contribution in [1.29, 1.82) is 10.5 Å². The van der Waals surface area contributed by atoms with Crippen LogP contribution in [0.2, 0.25) is 0 Å². The molecule has 9 aromatic rings. The molecule has 222 valence electrons. The fourth-order valence-electron chi connectivity index (χ4n) is 7.29. The molecule has 0 aliphatic rings. The summed E-state index contributed by atoms with van der Waals surface area (Å²) in [6.45, 7) is 0. The second kappa shape index (κ2) is 10.8. The van der Waals surface area contributed by atoms with Crippen molar-refractivity contribution in [1.82, 2.24) is 14.1 Å². The van der Waals surface area contributed by atoms with Crippen LogP contribution in [0.25, 0.3) is 77.2 Å². The number of fused-ring (bicyclic) bond motifs is 6. The number of hydrogen-bond donors (Lipinski definition) is 0. The van der Waals surface area contributed by atoms with Crippen LogP contribution < -0.4 is 0 Å². The topological polar surface area (TPSA) is 70.3 Å². The minimum Gasteiger partial charge on any atom is -0.309 e. The Kier molecular flexibility index (Phi) is 6.18. The van der Waals surface area contributed by atoms with E-state index in [1.165, 1.54) is 0 Å². The number of para-hydroxylation sites is 4. The van der Waals surface area contributed by atoms with Gasteiger partial charge in [-0.1, -0.05) is 97.1 Å². The number of nitrogens with zero attached hydrogens (tertiary/aromatic N) is 5. The van der Waals surface area contributed by atoms with Crippen molar-refractivity contribution in [3.05, 3.63) is 163 Å². The van der Waals surface area contributed by atoms with E-state index in [0.29, 0.717) is 11.1 Å². The van der Waals surface area contributed by atoms with E-state index < -0.39 is 0 Å². The number of hydrogen-bond acceptors (Lipinski definition) is 3. The summed E-state index contributed by atoms with van der Waals surface area (Å²) in [5, 5.41) is 25.5. The van der Waals surface area contributed by atoms with E-state index in [2.05, 4.69) is 99.1 Å². The van der Waals surface area contributed by atoms with E-state index in [4.69, 9.17) is 0 Å². The Morgan fingerprint density at radius 3 is 1.42 bits per heavy atom. The molecule has 9 rings (SSSR count). The van der Waals surface area contributed by atoms with E-state index in [9.17, 15) is 10.5 Å². The summed E-state index contributed by atoms with van der Waals surface area (Å²) in [6.07, 6.45) is 3.67. The van der Waals surface area contributed by atoms with Gasteiger partial charge in [0.25, 0.3) is 0 Å². The van der Waals surface area contributed by atoms with Gasteiger partial charge in [0, 0.05) is 50.0 Å². The Morgan fingerprint density at radius 2 is 0.917 bits per heavy atom. The van der Waals surface area contributed by atoms with Gasteiger partial charge in [0.1, 0.15) is 6.07 Å². The number of aromatic nitrogens is 3. The van der Waals surface area contributed by atoms with Gasteiger partial charge in [0.2, 0.25) is 0 Å². The zero-order valence-corrected chi connectivity index (χ0v) is 25.7. The van der Waals surface area contributed by atoms with Crippen LogP contribution in [-0.2, 0) is 0 Å². The van der Waals surface area contributed by atoms with Crippen LogP contribution >= 0.6 is 0 Å². The molecule has 0 radical (unpaired) electrons. The predicted octanol–water partition coefficient (Wildman–Crippen LogP) is 10.4. The van der Waals surface area contributed by atoms with Crippen LogP contribution in [-0.4, -0.2) is 14.1 Å². The van der Waals surface area contributed by atoms with E-state index in [1.807, 2.05) is 72.9 Å². The first-order valence-corrected chi connectivity index (χ1v) is 15.8. The van der Waals surface area contributed by atoms with Gasteiger partial charge < -0.3 is 9.13 Å². The third kappa shape index (κ3) is 3.99. The Labute approximate surface area is 276 Å². The minimum atomic E-state index is 0.549. The van der Waals surface area contributed by atoms with Crippen molar-refractivity contribution in [3.63, 3.8) is 0 Å². The normalized spacial score (nSPS) is 11.3.